The van der Waals surface area contributed by atoms with Crippen molar-refractivity contribution in [1.29, 1.82) is 0 Å². The SMILES string of the molecule is CN1C(=O)CC(N2c3ccccc3SC2S)C1=O. The van der Waals surface area contributed by atoms with Gasteiger partial charge in [0.15, 0.2) is 0 Å². The van der Waals surface area contributed by atoms with Gasteiger partial charge in [-0.3, -0.25) is 14.5 Å². The third kappa shape index (κ3) is 1.63. The summed E-state index contributed by atoms with van der Waals surface area (Å²) in [4.78, 5) is 27.9. The Hall–Kier alpha value is -1.14. The minimum atomic E-state index is -0.416. The first kappa shape index (κ1) is 11.9. The van der Waals surface area contributed by atoms with Gasteiger partial charge in [-0.15, -0.1) is 12.6 Å². The number of benzene rings is 1. The molecule has 2 aliphatic heterocycles. The van der Waals surface area contributed by atoms with E-state index in [1.807, 2.05) is 29.2 Å². The van der Waals surface area contributed by atoms with Crippen LogP contribution in [0.4, 0.5) is 5.69 Å². The molecule has 3 rings (SSSR count). The molecule has 2 amide bonds. The Bertz CT molecular complexity index is 535. The number of nitrogens with zero attached hydrogens (tertiary/aromatic N) is 2. The van der Waals surface area contributed by atoms with Crippen LogP contribution in [0.25, 0.3) is 0 Å². The molecule has 0 radical (unpaired) electrons. The predicted octanol–water partition coefficient (Wildman–Crippen LogP) is 1.57. The summed E-state index contributed by atoms with van der Waals surface area (Å²) in [6.07, 6.45) is 0.237. The fraction of sp³-hybridized carbons (Fsp3) is 0.333. The number of anilines is 1. The molecule has 6 heteroatoms. The molecule has 1 saturated heterocycles. The van der Waals surface area contributed by atoms with Gasteiger partial charge in [0.1, 0.15) is 10.7 Å². The van der Waals surface area contributed by atoms with E-state index in [1.165, 1.54) is 11.9 Å². The number of likely N-dealkylation sites (N-methyl/N-ethyl adjacent to an activating group) is 1. The molecule has 4 nitrogen and oxygen atoms in total. The summed E-state index contributed by atoms with van der Waals surface area (Å²) in [5, 5.41) is 0. The van der Waals surface area contributed by atoms with Gasteiger partial charge in [-0.25, -0.2) is 0 Å². The number of thioether (sulfide) groups is 1. The molecule has 1 aromatic carbocycles. The molecule has 1 aromatic rings. The van der Waals surface area contributed by atoms with Crippen LogP contribution in [0.5, 0.6) is 0 Å². The van der Waals surface area contributed by atoms with Crippen LogP contribution >= 0.6 is 24.4 Å². The van der Waals surface area contributed by atoms with Crippen molar-refractivity contribution in [3.05, 3.63) is 24.3 Å². The number of hydrogen-bond acceptors (Lipinski definition) is 5. The molecule has 0 N–H and O–H groups in total. The summed E-state index contributed by atoms with van der Waals surface area (Å²) in [7, 11) is 1.54. The highest BCUT2D eigenvalue weighted by Gasteiger charge is 2.44. The van der Waals surface area contributed by atoms with Gasteiger partial charge in [0.05, 0.1) is 12.1 Å². The third-order valence-corrected chi connectivity index (χ3v) is 4.91. The second-order valence-electron chi connectivity index (χ2n) is 4.33. The van der Waals surface area contributed by atoms with Crippen molar-refractivity contribution in [2.24, 2.45) is 0 Å². The maximum atomic E-state index is 12.1. The van der Waals surface area contributed by atoms with Gasteiger partial charge >= 0.3 is 0 Å². The van der Waals surface area contributed by atoms with Crippen LogP contribution in [0.15, 0.2) is 29.2 Å². The molecule has 0 aromatic heterocycles. The van der Waals surface area contributed by atoms with Crippen molar-refractivity contribution in [1.82, 2.24) is 4.90 Å². The Morgan fingerprint density at radius 2 is 2.06 bits per heavy atom. The molecular formula is C12H12N2O2S2. The first-order valence-electron chi connectivity index (χ1n) is 5.62. The van der Waals surface area contributed by atoms with Crippen LogP contribution in [-0.4, -0.2) is 34.5 Å². The summed E-state index contributed by atoms with van der Waals surface area (Å²) in [5.41, 5.74) is 0.990. The Balaban J connectivity index is 1.98. The van der Waals surface area contributed by atoms with E-state index in [-0.39, 0.29) is 22.9 Å². The van der Waals surface area contributed by atoms with Crippen molar-refractivity contribution in [2.45, 2.75) is 22.1 Å². The first-order valence-corrected chi connectivity index (χ1v) is 7.01. The van der Waals surface area contributed by atoms with E-state index in [1.54, 1.807) is 11.8 Å². The van der Waals surface area contributed by atoms with E-state index >= 15 is 0 Å². The van der Waals surface area contributed by atoms with Gasteiger partial charge in [0.25, 0.3) is 5.91 Å². The Morgan fingerprint density at radius 3 is 2.72 bits per heavy atom. The van der Waals surface area contributed by atoms with Gasteiger partial charge in [0, 0.05) is 11.9 Å². The van der Waals surface area contributed by atoms with E-state index in [9.17, 15) is 9.59 Å². The van der Waals surface area contributed by atoms with E-state index in [0.717, 1.165) is 10.6 Å². The molecule has 0 spiro atoms. The van der Waals surface area contributed by atoms with Gasteiger partial charge in [-0.2, -0.15) is 0 Å². The van der Waals surface area contributed by atoms with Crippen LogP contribution in [0.1, 0.15) is 6.42 Å². The zero-order valence-electron chi connectivity index (χ0n) is 9.74. The largest absolute Gasteiger partial charge is 0.337 e. The number of carbonyl (C=O) groups is 2. The molecule has 0 saturated carbocycles. The number of thiol groups is 1. The number of imide groups is 1. The minimum absolute atomic E-state index is 0.115. The summed E-state index contributed by atoms with van der Waals surface area (Å²) >= 11 is 6.11. The third-order valence-electron chi connectivity index (χ3n) is 3.31. The molecule has 94 valence electrons. The smallest absolute Gasteiger partial charge is 0.252 e. The fourth-order valence-corrected chi connectivity index (χ4v) is 4.01. The lowest BCUT2D eigenvalue weighted by atomic mass is 10.2. The monoisotopic (exact) mass is 280 g/mol. The molecule has 2 aliphatic rings. The maximum absolute atomic E-state index is 12.1. The number of rotatable bonds is 1. The maximum Gasteiger partial charge on any atom is 0.252 e. The highest BCUT2D eigenvalue weighted by Crippen LogP contribution is 2.46. The Kier molecular flexibility index (Phi) is 2.79. The lowest BCUT2D eigenvalue weighted by Crippen LogP contribution is -2.42. The average Bonchev–Trinajstić information content (AvgIpc) is 2.80. The number of carbonyl (C=O) groups excluding carboxylic acids is 2. The second kappa shape index (κ2) is 4.20. The Labute approximate surface area is 115 Å². The molecule has 0 aliphatic carbocycles. The van der Waals surface area contributed by atoms with Crippen molar-refractivity contribution < 1.29 is 9.59 Å². The summed E-state index contributed by atoms with van der Waals surface area (Å²) in [6.45, 7) is 0. The molecular weight excluding hydrogens is 268 g/mol. The van der Waals surface area contributed by atoms with E-state index in [0.29, 0.717) is 0 Å². The summed E-state index contributed by atoms with van der Waals surface area (Å²) in [6, 6.07) is 7.45. The molecule has 18 heavy (non-hydrogen) atoms. The van der Waals surface area contributed by atoms with Crippen LogP contribution in [-0.2, 0) is 9.59 Å². The minimum Gasteiger partial charge on any atom is -0.337 e. The van der Waals surface area contributed by atoms with Crippen LogP contribution in [0.2, 0.25) is 0 Å². The fourth-order valence-electron chi connectivity index (χ4n) is 2.33. The number of fused-ring (bicyclic) bond motifs is 1. The second-order valence-corrected chi connectivity index (χ2v) is 6.29. The summed E-state index contributed by atoms with van der Waals surface area (Å²) < 4.78 is -0.115. The highest BCUT2D eigenvalue weighted by atomic mass is 32.2. The molecule has 0 bridgehead atoms. The van der Waals surface area contributed by atoms with Crippen LogP contribution in [0.3, 0.4) is 0 Å². The quantitative estimate of drug-likeness (QED) is 0.626. The number of hydrogen-bond donors (Lipinski definition) is 1. The normalized spacial score (nSPS) is 27.0. The summed E-state index contributed by atoms with van der Waals surface area (Å²) in [5.74, 6) is -0.267. The van der Waals surface area contributed by atoms with E-state index in [2.05, 4.69) is 12.6 Å². The lowest BCUT2D eigenvalue weighted by molar-refractivity contribution is -0.136. The van der Waals surface area contributed by atoms with Crippen molar-refractivity contribution >= 4 is 41.9 Å². The number of amides is 2. The predicted molar refractivity (Wildman–Crippen MR) is 73.7 cm³/mol. The van der Waals surface area contributed by atoms with E-state index < -0.39 is 6.04 Å². The van der Waals surface area contributed by atoms with Crippen LogP contribution < -0.4 is 4.90 Å². The van der Waals surface area contributed by atoms with Crippen molar-refractivity contribution in [2.75, 3.05) is 11.9 Å². The standard InChI is InChI=1S/C12H12N2O2S2/c1-13-10(15)6-8(11(13)16)14-7-4-2-3-5-9(7)18-12(14)17/h2-5,8,12,17H,6H2,1H3. The number of likely N-dealkylation sites (tertiary alicyclic amines) is 1. The highest BCUT2D eigenvalue weighted by molar-refractivity contribution is 8.11. The molecule has 2 unspecified atom stereocenters. The van der Waals surface area contributed by atoms with Crippen molar-refractivity contribution in [3.63, 3.8) is 0 Å². The van der Waals surface area contributed by atoms with Crippen LogP contribution in [0, 0.1) is 0 Å². The average molecular weight is 280 g/mol. The van der Waals surface area contributed by atoms with E-state index in [4.69, 9.17) is 0 Å². The Morgan fingerprint density at radius 1 is 1.33 bits per heavy atom. The molecule has 1 fully saturated rings. The van der Waals surface area contributed by atoms with Gasteiger partial charge in [0.2, 0.25) is 5.91 Å². The van der Waals surface area contributed by atoms with Gasteiger partial charge in [-0.1, -0.05) is 23.9 Å². The van der Waals surface area contributed by atoms with Gasteiger partial charge < -0.3 is 4.90 Å². The topological polar surface area (TPSA) is 40.6 Å². The zero-order valence-corrected chi connectivity index (χ0v) is 11.4. The van der Waals surface area contributed by atoms with Gasteiger partial charge in [-0.05, 0) is 12.1 Å². The molecule has 2 atom stereocenters. The number of para-hydroxylation sites is 1. The lowest BCUT2D eigenvalue weighted by Gasteiger charge is -2.27. The van der Waals surface area contributed by atoms with Crippen molar-refractivity contribution in [3.8, 4) is 0 Å². The zero-order chi connectivity index (χ0) is 12.9. The molecule has 2 heterocycles. The first-order chi connectivity index (χ1) is 8.59.